The lowest BCUT2D eigenvalue weighted by Crippen LogP contribution is -2.63. The van der Waals surface area contributed by atoms with Crippen LogP contribution in [0.3, 0.4) is 0 Å². The van der Waals surface area contributed by atoms with E-state index < -0.39 is 6.04 Å². The molecule has 158 valence electrons. The third-order valence-electron chi connectivity index (χ3n) is 7.09. The molecule has 4 bridgehead atoms. The highest BCUT2D eigenvalue weighted by Crippen LogP contribution is 2.55. The molecule has 4 fully saturated rings. The predicted molar refractivity (Wildman–Crippen MR) is 113 cm³/mol. The Kier molecular flexibility index (Phi) is 5.58. The normalized spacial score (nSPS) is 30.8. The Labute approximate surface area is 174 Å². The van der Waals surface area contributed by atoms with Crippen LogP contribution in [0.15, 0.2) is 24.3 Å². The van der Waals surface area contributed by atoms with E-state index in [1.54, 1.807) is 24.3 Å². The minimum absolute atomic E-state index is 0.0237. The summed E-state index contributed by atoms with van der Waals surface area (Å²) in [6, 6.07) is 6.54. The molecular weight excluding hydrogens is 364 g/mol. The Morgan fingerprint density at radius 1 is 1.03 bits per heavy atom. The maximum absolute atomic E-state index is 13.2. The van der Waals surface area contributed by atoms with E-state index in [0.29, 0.717) is 12.2 Å². The highest BCUT2D eigenvalue weighted by atomic mass is 16.5. The van der Waals surface area contributed by atoms with E-state index in [1.165, 1.54) is 19.3 Å². The van der Waals surface area contributed by atoms with Gasteiger partial charge in [0.1, 0.15) is 11.8 Å². The van der Waals surface area contributed by atoms with Gasteiger partial charge in [0.25, 0.3) is 5.91 Å². The smallest absolute Gasteiger partial charge is 0.251 e. The Morgan fingerprint density at radius 3 is 2.07 bits per heavy atom. The molecule has 0 radical (unpaired) electrons. The van der Waals surface area contributed by atoms with Crippen LogP contribution in [0.25, 0.3) is 0 Å². The molecule has 4 saturated carbocycles. The first kappa shape index (κ1) is 20.2. The van der Waals surface area contributed by atoms with Crippen LogP contribution in [0, 0.1) is 23.7 Å². The van der Waals surface area contributed by atoms with Crippen LogP contribution in [-0.2, 0) is 4.79 Å². The van der Waals surface area contributed by atoms with Gasteiger partial charge in [0.2, 0.25) is 5.91 Å². The maximum Gasteiger partial charge on any atom is 0.251 e. The quantitative estimate of drug-likeness (QED) is 0.731. The average molecular weight is 399 g/mol. The van der Waals surface area contributed by atoms with Gasteiger partial charge in [0.05, 0.1) is 6.61 Å². The molecule has 0 unspecified atom stereocenters. The third kappa shape index (κ3) is 4.29. The molecule has 5 nitrogen and oxygen atoms in total. The number of amides is 2. The zero-order valence-corrected chi connectivity index (χ0v) is 17.9. The van der Waals surface area contributed by atoms with Gasteiger partial charge in [-0.05, 0) is 93.4 Å². The monoisotopic (exact) mass is 398 g/mol. The van der Waals surface area contributed by atoms with Crippen LogP contribution in [0.1, 0.15) is 69.7 Å². The summed E-state index contributed by atoms with van der Waals surface area (Å²) in [5.41, 5.74) is 0.504. The molecule has 2 N–H and O–H groups in total. The van der Waals surface area contributed by atoms with Crippen molar-refractivity contribution in [3.63, 3.8) is 0 Å². The Bertz CT molecular complexity index is 721. The molecule has 1 aromatic rings. The predicted octanol–water partition coefficient (Wildman–Crippen LogP) is 3.92. The lowest BCUT2D eigenvalue weighted by atomic mass is 9.53. The minimum atomic E-state index is -0.526. The zero-order chi connectivity index (χ0) is 20.6. The van der Waals surface area contributed by atoms with Crippen LogP contribution in [0.2, 0.25) is 0 Å². The van der Waals surface area contributed by atoms with Crippen molar-refractivity contribution in [1.82, 2.24) is 10.6 Å². The largest absolute Gasteiger partial charge is 0.494 e. The van der Waals surface area contributed by atoms with Gasteiger partial charge in [-0.3, -0.25) is 9.59 Å². The Morgan fingerprint density at radius 2 is 1.59 bits per heavy atom. The van der Waals surface area contributed by atoms with E-state index in [9.17, 15) is 9.59 Å². The van der Waals surface area contributed by atoms with E-state index in [-0.39, 0.29) is 23.3 Å². The highest BCUT2D eigenvalue weighted by Gasteiger charge is 2.52. The molecule has 0 heterocycles. The molecule has 2 amide bonds. The van der Waals surface area contributed by atoms with Gasteiger partial charge in [-0.15, -0.1) is 0 Å². The summed E-state index contributed by atoms with van der Waals surface area (Å²) in [6.45, 7) is 6.49. The van der Waals surface area contributed by atoms with Gasteiger partial charge in [-0.1, -0.05) is 13.8 Å². The highest BCUT2D eigenvalue weighted by molar-refractivity contribution is 5.97. The van der Waals surface area contributed by atoms with Crippen LogP contribution < -0.4 is 15.4 Å². The van der Waals surface area contributed by atoms with Crippen molar-refractivity contribution in [2.75, 3.05) is 6.61 Å². The first-order chi connectivity index (χ1) is 13.9. The van der Waals surface area contributed by atoms with Crippen molar-refractivity contribution in [1.29, 1.82) is 0 Å². The fraction of sp³-hybridized carbons (Fsp3) is 0.667. The first-order valence-corrected chi connectivity index (χ1v) is 11.2. The van der Waals surface area contributed by atoms with Crippen LogP contribution in [0.5, 0.6) is 5.75 Å². The summed E-state index contributed by atoms with van der Waals surface area (Å²) in [4.78, 5) is 26.0. The van der Waals surface area contributed by atoms with Crippen molar-refractivity contribution < 1.29 is 14.3 Å². The van der Waals surface area contributed by atoms with Crippen LogP contribution in [0.4, 0.5) is 0 Å². The van der Waals surface area contributed by atoms with Crippen LogP contribution in [-0.4, -0.2) is 30.0 Å². The molecule has 5 rings (SSSR count). The van der Waals surface area contributed by atoms with Gasteiger partial charge in [0.15, 0.2) is 0 Å². The number of ether oxygens (including phenoxy) is 1. The first-order valence-electron chi connectivity index (χ1n) is 11.2. The number of carbonyl (C=O) groups excluding carboxylic acids is 2. The second-order valence-electron chi connectivity index (χ2n) is 9.84. The van der Waals surface area contributed by atoms with E-state index in [4.69, 9.17) is 4.74 Å². The molecule has 5 heteroatoms. The Hall–Kier alpha value is -2.04. The summed E-state index contributed by atoms with van der Waals surface area (Å²) in [5, 5.41) is 6.39. The maximum atomic E-state index is 13.2. The van der Waals surface area contributed by atoms with Crippen molar-refractivity contribution in [3.8, 4) is 5.75 Å². The van der Waals surface area contributed by atoms with Gasteiger partial charge < -0.3 is 15.4 Å². The lowest BCUT2D eigenvalue weighted by molar-refractivity contribution is -0.129. The van der Waals surface area contributed by atoms with E-state index >= 15 is 0 Å². The van der Waals surface area contributed by atoms with E-state index in [1.807, 2.05) is 20.8 Å². The average Bonchev–Trinajstić information content (AvgIpc) is 2.65. The molecule has 4 aliphatic carbocycles. The molecule has 0 spiro atoms. The molecule has 1 aromatic carbocycles. The number of hydrogen-bond donors (Lipinski definition) is 2. The molecule has 29 heavy (non-hydrogen) atoms. The molecular formula is C24H34N2O3. The van der Waals surface area contributed by atoms with Crippen molar-refractivity contribution in [2.45, 2.75) is 70.9 Å². The van der Waals surface area contributed by atoms with Gasteiger partial charge in [-0.2, -0.15) is 0 Å². The molecule has 0 saturated heterocycles. The van der Waals surface area contributed by atoms with Gasteiger partial charge in [-0.25, -0.2) is 0 Å². The standard InChI is InChI=1S/C24H34N2O3/c1-4-29-20-7-5-19(6-8-20)22(27)25-21(15(2)3)23(28)26-24-12-16-9-17(13-24)11-18(10-16)14-24/h5-8,15-18,21H,4,9-14H2,1-3H3,(H,25,27)(H,26,28)/t16?,17?,18?,21-,24?/m0/s1. The van der Waals surface area contributed by atoms with Gasteiger partial charge >= 0.3 is 0 Å². The van der Waals surface area contributed by atoms with Crippen molar-refractivity contribution in [2.24, 2.45) is 23.7 Å². The van der Waals surface area contributed by atoms with Crippen molar-refractivity contribution in [3.05, 3.63) is 29.8 Å². The van der Waals surface area contributed by atoms with Gasteiger partial charge in [0, 0.05) is 11.1 Å². The number of benzene rings is 1. The second kappa shape index (κ2) is 8.00. The molecule has 1 atom stereocenters. The minimum Gasteiger partial charge on any atom is -0.494 e. The molecule has 0 aliphatic heterocycles. The lowest BCUT2D eigenvalue weighted by Gasteiger charge is -2.57. The summed E-state index contributed by atoms with van der Waals surface area (Å²) >= 11 is 0. The summed E-state index contributed by atoms with van der Waals surface area (Å²) in [5.74, 6) is 2.85. The fourth-order valence-electron chi connectivity index (χ4n) is 6.23. The van der Waals surface area contributed by atoms with E-state index in [0.717, 1.165) is 42.8 Å². The fourth-order valence-corrected chi connectivity index (χ4v) is 6.23. The molecule has 4 aliphatic rings. The second-order valence-corrected chi connectivity index (χ2v) is 9.84. The van der Waals surface area contributed by atoms with Crippen molar-refractivity contribution >= 4 is 11.8 Å². The van der Waals surface area contributed by atoms with E-state index in [2.05, 4.69) is 10.6 Å². The topological polar surface area (TPSA) is 67.4 Å². The Balaban J connectivity index is 1.42. The summed E-state index contributed by atoms with van der Waals surface area (Å²) in [7, 11) is 0. The number of carbonyl (C=O) groups is 2. The molecule has 0 aromatic heterocycles. The zero-order valence-electron chi connectivity index (χ0n) is 17.9. The SMILES string of the molecule is CCOc1ccc(C(=O)N[C@H](C(=O)NC23CC4CC(CC(C4)C2)C3)C(C)C)cc1. The third-order valence-corrected chi connectivity index (χ3v) is 7.09. The van der Waals surface area contributed by atoms with Crippen LogP contribution >= 0.6 is 0 Å². The number of rotatable bonds is 7. The summed E-state index contributed by atoms with van der Waals surface area (Å²) < 4.78 is 5.44. The summed E-state index contributed by atoms with van der Waals surface area (Å²) in [6.07, 6.45) is 7.37. The number of hydrogen-bond acceptors (Lipinski definition) is 3. The number of nitrogens with one attached hydrogen (secondary N) is 2.